The minimum Gasteiger partial charge on any atom is -0.354 e. The average Bonchev–Trinajstić information content (AvgIpc) is 2.74. The van der Waals surface area contributed by atoms with Crippen LogP contribution >= 0.6 is 0 Å². The SMILES string of the molecule is CCCNc1nccc(-c2cnn(C)c2)n1. The molecule has 16 heavy (non-hydrogen) atoms. The Bertz CT molecular complexity index is 463. The van der Waals surface area contributed by atoms with E-state index in [0.717, 1.165) is 24.2 Å². The summed E-state index contributed by atoms with van der Waals surface area (Å²) in [6.07, 6.45) is 6.55. The Morgan fingerprint density at radius 3 is 3.00 bits per heavy atom. The van der Waals surface area contributed by atoms with E-state index >= 15 is 0 Å². The van der Waals surface area contributed by atoms with Gasteiger partial charge in [0.1, 0.15) is 0 Å². The summed E-state index contributed by atoms with van der Waals surface area (Å²) in [6.45, 7) is 2.99. The van der Waals surface area contributed by atoms with Crippen LogP contribution in [0.1, 0.15) is 13.3 Å². The predicted octanol–water partition coefficient (Wildman–Crippen LogP) is 1.70. The van der Waals surface area contributed by atoms with Crippen LogP contribution in [0, 0.1) is 0 Å². The third kappa shape index (κ3) is 2.36. The summed E-state index contributed by atoms with van der Waals surface area (Å²) in [5, 5.41) is 7.28. The maximum Gasteiger partial charge on any atom is 0.223 e. The minimum absolute atomic E-state index is 0.670. The Balaban J connectivity index is 2.22. The van der Waals surface area contributed by atoms with Crippen molar-refractivity contribution < 1.29 is 0 Å². The van der Waals surface area contributed by atoms with Crippen LogP contribution in [0.5, 0.6) is 0 Å². The molecule has 2 heterocycles. The van der Waals surface area contributed by atoms with Crippen LogP contribution in [0.4, 0.5) is 5.95 Å². The molecule has 2 rings (SSSR count). The molecular formula is C11H15N5. The second kappa shape index (κ2) is 4.74. The van der Waals surface area contributed by atoms with Crippen molar-refractivity contribution in [2.24, 2.45) is 7.05 Å². The average molecular weight is 217 g/mol. The minimum atomic E-state index is 0.670. The standard InChI is InChI=1S/C11H15N5/c1-3-5-12-11-13-6-4-10(15-11)9-7-14-16(2)8-9/h4,6-8H,3,5H2,1-2H3,(H,12,13,15). The number of hydrogen-bond acceptors (Lipinski definition) is 4. The fourth-order valence-corrected chi connectivity index (χ4v) is 1.39. The lowest BCUT2D eigenvalue weighted by atomic mass is 10.2. The molecule has 0 spiro atoms. The van der Waals surface area contributed by atoms with Crippen LogP contribution in [0.2, 0.25) is 0 Å². The van der Waals surface area contributed by atoms with E-state index in [4.69, 9.17) is 0 Å². The number of rotatable bonds is 4. The van der Waals surface area contributed by atoms with Crippen LogP contribution in [0.25, 0.3) is 11.3 Å². The van der Waals surface area contributed by atoms with E-state index in [1.165, 1.54) is 0 Å². The Labute approximate surface area is 94.5 Å². The Hall–Kier alpha value is -1.91. The topological polar surface area (TPSA) is 55.6 Å². The molecule has 0 amide bonds. The highest BCUT2D eigenvalue weighted by atomic mass is 15.2. The van der Waals surface area contributed by atoms with Crippen molar-refractivity contribution in [2.45, 2.75) is 13.3 Å². The summed E-state index contributed by atoms with van der Waals surface area (Å²) in [4.78, 5) is 8.58. The van der Waals surface area contributed by atoms with Crippen LogP contribution < -0.4 is 5.32 Å². The van der Waals surface area contributed by atoms with Crippen LogP contribution in [0.15, 0.2) is 24.7 Å². The molecule has 5 heteroatoms. The lowest BCUT2D eigenvalue weighted by Crippen LogP contribution is -2.04. The molecule has 0 radical (unpaired) electrons. The number of aromatic nitrogens is 4. The Kier molecular flexibility index (Phi) is 3.14. The molecule has 0 saturated carbocycles. The molecule has 0 aromatic carbocycles. The first kappa shape index (κ1) is 10.6. The van der Waals surface area contributed by atoms with Crippen molar-refractivity contribution >= 4 is 5.95 Å². The van der Waals surface area contributed by atoms with Crippen LogP contribution in [-0.2, 0) is 7.05 Å². The van der Waals surface area contributed by atoms with Gasteiger partial charge in [0.2, 0.25) is 5.95 Å². The van der Waals surface area contributed by atoms with Gasteiger partial charge in [-0.15, -0.1) is 0 Å². The third-order valence-corrected chi connectivity index (χ3v) is 2.19. The zero-order chi connectivity index (χ0) is 11.4. The zero-order valence-electron chi connectivity index (χ0n) is 9.51. The molecular weight excluding hydrogens is 202 g/mol. The fraction of sp³-hybridized carbons (Fsp3) is 0.364. The van der Waals surface area contributed by atoms with Gasteiger partial charge in [-0.05, 0) is 12.5 Å². The molecule has 0 atom stereocenters. The molecule has 0 aliphatic carbocycles. The fourth-order valence-electron chi connectivity index (χ4n) is 1.39. The van der Waals surface area contributed by atoms with E-state index < -0.39 is 0 Å². The van der Waals surface area contributed by atoms with Gasteiger partial charge in [-0.25, -0.2) is 9.97 Å². The van der Waals surface area contributed by atoms with Gasteiger partial charge in [-0.2, -0.15) is 5.10 Å². The second-order valence-corrected chi connectivity index (χ2v) is 3.59. The van der Waals surface area contributed by atoms with Gasteiger partial charge in [0.15, 0.2) is 0 Å². The van der Waals surface area contributed by atoms with Gasteiger partial charge < -0.3 is 5.32 Å². The molecule has 2 aromatic rings. The molecule has 0 bridgehead atoms. The second-order valence-electron chi connectivity index (χ2n) is 3.59. The van der Waals surface area contributed by atoms with E-state index in [0.29, 0.717) is 5.95 Å². The van der Waals surface area contributed by atoms with Crippen molar-refractivity contribution in [1.29, 1.82) is 0 Å². The van der Waals surface area contributed by atoms with E-state index in [-0.39, 0.29) is 0 Å². The molecule has 2 aromatic heterocycles. The van der Waals surface area contributed by atoms with Gasteiger partial charge in [-0.1, -0.05) is 6.92 Å². The predicted molar refractivity (Wildman–Crippen MR) is 63.0 cm³/mol. The largest absolute Gasteiger partial charge is 0.354 e. The summed E-state index contributed by atoms with van der Waals surface area (Å²) in [5.41, 5.74) is 1.89. The molecule has 1 N–H and O–H groups in total. The molecule has 0 aliphatic rings. The maximum absolute atomic E-state index is 4.42. The first-order valence-corrected chi connectivity index (χ1v) is 5.35. The zero-order valence-corrected chi connectivity index (χ0v) is 9.51. The number of nitrogens with zero attached hydrogens (tertiary/aromatic N) is 4. The molecule has 0 aliphatic heterocycles. The highest BCUT2D eigenvalue weighted by Gasteiger charge is 2.03. The van der Waals surface area contributed by atoms with Crippen molar-refractivity contribution in [3.8, 4) is 11.3 Å². The summed E-state index contributed by atoms with van der Waals surface area (Å²) >= 11 is 0. The van der Waals surface area contributed by atoms with Crippen molar-refractivity contribution in [1.82, 2.24) is 19.7 Å². The number of aryl methyl sites for hydroxylation is 1. The van der Waals surface area contributed by atoms with Crippen molar-refractivity contribution in [3.05, 3.63) is 24.7 Å². The Morgan fingerprint density at radius 1 is 1.44 bits per heavy atom. The first-order chi connectivity index (χ1) is 7.79. The third-order valence-electron chi connectivity index (χ3n) is 2.19. The summed E-state index contributed by atoms with van der Waals surface area (Å²) in [7, 11) is 1.89. The first-order valence-electron chi connectivity index (χ1n) is 5.35. The highest BCUT2D eigenvalue weighted by molar-refractivity contribution is 5.57. The quantitative estimate of drug-likeness (QED) is 0.846. The van der Waals surface area contributed by atoms with Crippen LogP contribution in [-0.4, -0.2) is 26.3 Å². The summed E-state index contributed by atoms with van der Waals surface area (Å²) < 4.78 is 1.76. The van der Waals surface area contributed by atoms with Gasteiger partial charge in [-0.3, -0.25) is 4.68 Å². The van der Waals surface area contributed by atoms with Crippen LogP contribution in [0.3, 0.4) is 0 Å². The van der Waals surface area contributed by atoms with Gasteiger partial charge in [0, 0.05) is 31.5 Å². The van der Waals surface area contributed by atoms with Gasteiger partial charge in [0.25, 0.3) is 0 Å². The monoisotopic (exact) mass is 217 g/mol. The highest BCUT2D eigenvalue weighted by Crippen LogP contribution is 2.15. The van der Waals surface area contributed by atoms with Gasteiger partial charge in [0.05, 0.1) is 11.9 Å². The molecule has 0 saturated heterocycles. The lowest BCUT2D eigenvalue weighted by Gasteiger charge is -2.03. The van der Waals surface area contributed by atoms with E-state index in [2.05, 4.69) is 27.3 Å². The summed E-state index contributed by atoms with van der Waals surface area (Å²) in [5.74, 6) is 0.670. The van der Waals surface area contributed by atoms with Gasteiger partial charge >= 0.3 is 0 Å². The number of hydrogen-bond donors (Lipinski definition) is 1. The summed E-state index contributed by atoms with van der Waals surface area (Å²) in [6, 6.07) is 1.88. The Morgan fingerprint density at radius 2 is 2.31 bits per heavy atom. The molecule has 84 valence electrons. The van der Waals surface area contributed by atoms with E-state index in [9.17, 15) is 0 Å². The smallest absolute Gasteiger partial charge is 0.223 e. The van der Waals surface area contributed by atoms with E-state index in [1.54, 1.807) is 17.1 Å². The normalized spacial score (nSPS) is 10.4. The molecule has 5 nitrogen and oxygen atoms in total. The number of anilines is 1. The lowest BCUT2D eigenvalue weighted by molar-refractivity contribution is 0.768. The van der Waals surface area contributed by atoms with Crippen molar-refractivity contribution in [3.63, 3.8) is 0 Å². The maximum atomic E-state index is 4.42. The molecule has 0 unspecified atom stereocenters. The number of nitrogens with one attached hydrogen (secondary N) is 1. The van der Waals surface area contributed by atoms with E-state index in [1.807, 2.05) is 19.3 Å². The van der Waals surface area contributed by atoms with Crippen molar-refractivity contribution in [2.75, 3.05) is 11.9 Å². The molecule has 0 fully saturated rings.